The van der Waals surface area contributed by atoms with Gasteiger partial charge in [-0.1, -0.05) is 16.8 Å². The van der Waals surface area contributed by atoms with Gasteiger partial charge in [0.15, 0.2) is 0 Å². The fraction of sp³-hybridized carbons (Fsp3) is 0.333. The maximum absolute atomic E-state index is 5.98. The van der Waals surface area contributed by atoms with Crippen LogP contribution in [0.25, 0.3) is 5.65 Å². The Morgan fingerprint density at radius 1 is 1.33 bits per heavy atom. The summed E-state index contributed by atoms with van der Waals surface area (Å²) in [5, 5.41) is 8.13. The van der Waals surface area contributed by atoms with Crippen molar-refractivity contribution < 1.29 is 4.52 Å². The second-order valence-electron chi connectivity index (χ2n) is 5.19. The molecule has 0 saturated heterocycles. The van der Waals surface area contributed by atoms with E-state index < -0.39 is 0 Å². The first kappa shape index (κ1) is 14.1. The lowest BCUT2D eigenvalue weighted by molar-refractivity contribution is 0.390. The summed E-state index contributed by atoms with van der Waals surface area (Å²) in [4.78, 5) is 4.55. The van der Waals surface area contributed by atoms with Crippen molar-refractivity contribution >= 4 is 17.2 Å². The fourth-order valence-electron chi connectivity index (χ4n) is 2.57. The lowest BCUT2D eigenvalue weighted by Crippen LogP contribution is -2.19. The SMILES string of the molecule is Cc1noc(C)c1C(C)NCc1cn2cc(Cl)ccc2n1. The molecule has 3 rings (SSSR count). The highest BCUT2D eigenvalue weighted by molar-refractivity contribution is 6.30. The Balaban J connectivity index is 1.74. The number of halogens is 1. The van der Waals surface area contributed by atoms with Crippen LogP contribution < -0.4 is 5.32 Å². The normalized spacial score (nSPS) is 13.0. The van der Waals surface area contributed by atoms with Gasteiger partial charge in [-0.3, -0.25) is 0 Å². The second kappa shape index (κ2) is 5.50. The van der Waals surface area contributed by atoms with Gasteiger partial charge < -0.3 is 14.2 Å². The Hall–Kier alpha value is -1.85. The highest BCUT2D eigenvalue weighted by atomic mass is 35.5. The zero-order valence-corrected chi connectivity index (χ0v) is 13.0. The van der Waals surface area contributed by atoms with Crippen LogP contribution in [0.2, 0.25) is 5.02 Å². The van der Waals surface area contributed by atoms with Crippen molar-refractivity contribution in [3.63, 3.8) is 0 Å². The Labute approximate surface area is 127 Å². The van der Waals surface area contributed by atoms with E-state index in [-0.39, 0.29) is 6.04 Å². The fourth-order valence-corrected chi connectivity index (χ4v) is 2.74. The molecule has 110 valence electrons. The average Bonchev–Trinajstić information content (AvgIpc) is 2.99. The smallest absolute Gasteiger partial charge is 0.138 e. The molecule has 0 aliphatic heterocycles. The Bertz CT molecular complexity index is 758. The molecule has 0 saturated carbocycles. The monoisotopic (exact) mass is 304 g/mol. The van der Waals surface area contributed by atoms with Crippen LogP contribution >= 0.6 is 11.6 Å². The number of fused-ring (bicyclic) bond motifs is 1. The molecule has 0 spiro atoms. The molecule has 0 amide bonds. The van der Waals surface area contributed by atoms with Crippen molar-refractivity contribution in [2.75, 3.05) is 0 Å². The first-order valence-electron chi connectivity index (χ1n) is 6.84. The number of rotatable bonds is 4. The summed E-state index contributed by atoms with van der Waals surface area (Å²) in [6.07, 6.45) is 3.83. The second-order valence-corrected chi connectivity index (χ2v) is 5.62. The number of imidazole rings is 1. The predicted molar refractivity (Wildman–Crippen MR) is 81.4 cm³/mol. The molecule has 3 aromatic heterocycles. The summed E-state index contributed by atoms with van der Waals surface area (Å²) in [5.41, 5.74) is 3.90. The number of nitrogens with zero attached hydrogens (tertiary/aromatic N) is 3. The van der Waals surface area contributed by atoms with E-state index in [1.807, 2.05) is 42.8 Å². The van der Waals surface area contributed by atoms with Crippen molar-refractivity contribution in [2.45, 2.75) is 33.4 Å². The first-order valence-corrected chi connectivity index (χ1v) is 7.21. The van der Waals surface area contributed by atoms with Crippen molar-refractivity contribution in [3.05, 3.63) is 52.3 Å². The van der Waals surface area contributed by atoms with Crippen molar-refractivity contribution in [1.29, 1.82) is 0 Å². The Morgan fingerprint density at radius 3 is 2.86 bits per heavy atom. The van der Waals surface area contributed by atoms with Crippen molar-refractivity contribution in [1.82, 2.24) is 19.9 Å². The number of hydrogen-bond donors (Lipinski definition) is 1. The molecular formula is C15H17ClN4O. The maximum atomic E-state index is 5.98. The van der Waals surface area contributed by atoms with E-state index in [1.54, 1.807) is 0 Å². The molecule has 1 unspecified atom stereocenters. The van der Waals surface area contributed by atoms with Crippen molar-refractivity contribution in [3.8, 4) is 0 Å². The third kappa shape index (κ3) is 2.80. The minimum atomic E-state index is 0.157. The van der Waals surface area contributed by atoms with Gasteiger partial charge in [-0.2, -0.15) is 0 Å². The van der Waals surface area contributed by atoms with Crippen LogP contribution in [0.15, 0.2) is 29.0 Å². The molecule has 5 nitrogen and oxygen atoms in total. The van der Waals surface area contributed by atoms with Gasteiger partial charge in [0.1, 0.15) is 11.4 Å². The Kier molecular flexibility index (Phi) is 3.69. The van der Waals surface area contributed by atoms with Gasteiger partial charge in [0, 0.05) is 30.5 Å². The van der Waals surface area contributed by atoms with E-state index in [0.29, 0.717) is 11.6 Å². The van der Waals surface area contributed by atoms with Crippen LogP contribution in [0.4, 0.5) is 0 Å². The molecule has 0 aromatic carbocycles. The molecule has 0 bridgehead atoms. The van der Waals surface area contributed by atoms with Gasteiger partial charge in [-0.25, -0.2) is 4.98 Å². The number of pyridine rings is 1. The van der Waals surface area contributed by atoms with Gasteiger partial charge in [0.2, 0.25) is 0 Å². The van der Waals surface area contributed by atoms with Crippen LogP contribution in [0.1, 0.15) is 35.7 Å². The maximum Gasteiger partial charge on any atom is 0.138 e. The van der Waals surface area contributed by atoms with Crippen LogP contribution in [-0.2, 0) is 6.54 Å². The third-order valence-corrected chi connectivity index (χ3v) is 3.80. The minimum absolute atomic E-state index is 0.157. The molecule has 3 aromatic rings. The molecule has 21 heavy (non-hydrogen) atoms. The summed E-state index contributed by atoms with van der Waals surface area (Å²) in [6, 6.07) is 3.90. The zero-order chi connectivity index (χ0) is 15.0. The van der Waals surface area contributed by atoms with E-state index >= 15 is 0 Å². The topological polar surface area (TPSA) is 55.4 Å². The van der Waals surface area contributed by atoms with Crippen LogP contribution in [0, 0.1) is 13.8 Å². The number of aromatic nitrogens is 3. The zero-order valence-electron chi connectivity index (χ0n) is 12.2. The summed E-state index contributed by atoms with van der Waals surface area (Å²) < 4.78 is 7.14. The standard InChI is InChI=1S/C15H17ClN4O/c1-9(15-10(2)19-21-11(15)3)17-6-13-8-20-7-12(16)4-5-14(20)18-13/h4-5,7-9,17H,6H2,1-3H3. The number of hydrogen-bond acceptors (Lipinski definition) is 4. The van der Waals surface area contributed by atoms with E-state index in [0.717, 1.165) is 28.4 Å². The van der Waals surface area contributed by atoms with E-state index in [9.17, 15) is 0 Å². The van der Waals surface area contributed by atoms with Crippen LogP contribution in [-0.4, -0.2) is 14.5 Å². The summed E-state index contributed by atoms with van der Waals surface area (Å²) in [7, 11) is 0. The molecule has 0 fully saturated rings. The molecular weight excluding hydrogens is 288 g/mol. The van der Waals surface area contributed by atoms with Gasteiger partial charge in [0.25, 0.3) is 0 Å². The van der Waals surface area contributed by atoms with Crippen molar-refractivity contribution in [2.24, 2.45) is 0 Å². The van der Waals surface area contributed by atoms with E-state index in [2.05, 4.69) is 22.4 Å². The van der Waals surface area contributed by atoms with Gasteiger partial charge in [0.05, 0.1) is 16.4 Å². The van der Waals surface area contributed by atoms with Crippen LogP contribution in [0.5, 0.6) is 0 Å². The lowest BCUT2D eigenvalue weighted by Gasteiger charge is -2.12. The molecule has 0 aliphatic rings. The van der Waals surface area contributed by atoms with Gasteiger partial charge >= 0.3 is 0 Å². The van der Waals surface area contributed by atoms with Crippen LogP contribution in [0.3, 0.4) is 0 Å². The highest BCUT2D eigenvalue weighted by Crippen LogP contribution is 2.21. The number of nitrogens with one attached hydrogen (secondary N) is 1. The lowest BCUT2D eigenvalue weighted by atomic mass is 10.1. The summed E-state index contributed by atoms with van der Waals surface area (Å²) in [6.45, 7) is 6.65. The molecule has 0 aliphatic carbocycles. The highest BCUT2D eigenvalue weighted by Gasteiger charge is 2.16. The van der Waals surface area contributed by atoms with E-state index in [1.165, 1.54) is 0 Å². The predicted octanol–water partition coefficient (Wildman–Crippen LogP) is 3.44. The largest absolute Gasteiger partial charge is 0.361 e. The number of aryl methyl sites for hydroxylation is 2. The first-order chi connectivity index (χ1) is 10.0. The molecule has 0 radical (unpaired) electrons. The van der Waals surface area contributed by atoms with Gasteiger partial charge in [-0.15, -0.1) is 0 Å². The molecule has 3 heterocycles. The summed E-state index contributed by atoms with van der Waals surface area (Å²) in [5.74, 6) is 0.856. The molecule has 6 heteroatoms. The third-order valence-electron chi connectivity index (χ3n) is 3.58. The summed E-state index contributed by atoms with van der Waals surface area (Å²) >= 11 is 5.98. The molecule has 1 atom stereocenters. The van der Waals surface area contributed by atoms with Gasteiger partial charge in [-0.05, 0) is 32.9 Å². The van der Waals surface area contributed by atoms with E-state index in [4.69, 9.17) is 16.1 Å². The minimum Gasteiger partial charge on any atom is -0.361 e. The molecule has 1 N–H and O–H groups in total. The average molecular weight is 305 g/mol. The Morgan fingerprint density at radius 2 is 2.14 bits per heavy atom. The quantitative estimate of drug-likeness (QED) is 0.802.